The standard InChI is InChI=1S/C10H13IO2/c11-10-4-2-1-3-9(10)5-8(6-12)7-13/h1-4,8,12-13H,5-7H2. The third-order valence-electron chi connectivity index (χ3n) is 1.98. The van der Waals surface area contributed by atoms with E-state index in [1.807, 2.05) is 24.3 Å². The normalized spacial score (nSPS) is 10.8. The SMILES string of the molecule is OCC(CO)Cc1ccccc1I. The van der Waals surface area contributed by atoms with Crippen LogP contribution < -0.4 is 0 Å². The number of benzene rings is 1. The van der Waals surface area contributed by atoms with Gasteiger partial charge < -0.3 is 10.2 Å². The Morgan fingerprint density at radius 1 is 1.15 bits per heavy atom. The summed E-state index contributed by atoms with van der Waals surface area (Å²) in [5, 5.41) is 17.8. The predicted octanol–water partition coefficient (Wildman–Crippen LogP) is 1.43. The lowest BCUT2D eigenvalue weighted by Crippen LogP contribution is -2.14. The minimum absolute atomic E-state index is 0.0316. The molecule has 0 saturated carbocycles. The molecule has 2 nitrogen and oxygen atoms in total. The van der Waals surface area contributed by atoms with Crippen molar-refractivity contribution >= 4 is 22.6 Å². The van der Waals surface area contributed by atoms with Crippen LogP contribution in [-0.4, -0.2) is 23.4 Å². The summed E-state index contributed by atoms with van der Waals surface area (Å²) in [7, 11) is 0. The van der Waals surface area contributed by atoms with Crippen LogP contribution in [0.1, 0.15) is 5.56 Å². The fourth-order valence-corrected chi connectivity index (χ4v) is 1.77. The van der Waals surface area contributed by atoms with Crippen molar-refractivity contribution in [2.45, 2.75) is 6.42 Å². The zero-order valence-corrected chi connectivity index (χ0v) is 9.44. The van der Waals surface area contributed by atoms with Crippen molar-refractivity contribution < 1.29 is 10.2 Å². The maximum absolute atomic E-state index is 8.92. The first-order valence-corrected chi connectivity index (χ1v) is 5.31. The lowest BCUT2D eigenvalue weighted by atomic mass is 10.0. The molecule has 0 aliphatic carbocycles. The van der Waals surface area contributed by atoms with Gasteiger partial charge >= 0.3 is 0 Å². The van der Waals surface area contributed by atoms with Crippen LogP contribution in [0.2, 0.25) is 0 Å². The Balaban J connectivity index is 2.67. The van der Waals surface area contributed by atoms with Crippen LogP contribution in [0.15, 0.2) is 24.3 Å². The molecule has 13 heavy (non-hydrogen) atoms. The molecule has 0 spiro atoms. The summed E-state index contributed by atoms with van der Waals surface area (Å²) in [6, 6.07) is 8.02. The first-order chi connectivity index (χ1) is 6.27. The zero-order valence-electron chi connectivity index (χ0n) is 7.28. The van der Waals surface area contributed by atoms with E-state index in [2.05, 4.69) is 22.6 Å². The first kappa shape index (κ1) is 10.9. The second-order valence-electron chi connectivity index (χ2n) is 3.03. The molecule has 3 heteroatoms. The minimum Gasteiger partial charge on any atom is -0.396 e. The number of aliphatic hydroxyl groups is 2. The summed E-state index contributed by atoms with van der Waals surface area (Å²) in [5.74, 6) is -0.0316. The zero-order chi connectivity index (χ0) is 9.68. The Bertz CT molecular complexity index is 259. The van der Waals surface area contributed by atoms with Gasteiger partial charge in [0.15, 0.2) is 0 Å². The molecule has 0 atom stereocenters. The van der Waals surface area contributed by atoms with Gasteiger partial charge in [0.2, 0.25) is 0 Å². The lowest BCUT2D eigenvalue weighted by molar-refractivity contribution is 0.150. The summed E-state index contributed by atoms with van der Waals surface area (Å²) in [5.41, 5.74) is 1.19. The van der Waals surface area contributed by atoms with Gasteiger partial charge in [0.25, 0.3) is 0 Å². The van der Waals surface area contributed by atoms with Crippen LogP contribution in [0, 0.1) is 9.49 Å². The molecule has 0 saturated heterocycles. The van der Waals surface area contributed by atoms with E-state index in [0.717, 1.165) is 6.42 Å². The molecule has 0 amide bonds. The Kier molecular flexibility index (Phi) is 4.69. The summed E-state index contributed by atoms with van der Waals surface area (Å²) in [6.45, 7) is 0.0863. The van der Waals surface area contributed by atoms with Crippen LogP contribution in [0.25, 0.3) is 0 Å². The lowest BCUT2D eigenvalue weighted by Gasteiger charge is -2.11. The van der Waals surface area contributed by atoms with Crippen LogP contribution in [0.5, 0.6) is 0 Å². The summed E-state index contributed by atoms with van der Waals surface area (Å²) >= 11 is 2.26. The molecule has 0 aromatic heterocycles. The molecule has 0 aliphatic rings. The van der Waals surface area contributed by atoms with Crippen molar-refractivity contribution in [2.24, 2.45) is 5.92 Å². The second-order valence-corrected chi connectivity index (χ2v) is 4.19. The largest absolute Gasteiger partial charge is 0.396 e. The van der Waals surface area contributed by atoms with Crippen molar-refractivity contribution in [3.63, 3.8) is 0 Å². The maximum atomic E-state index is 8.92. The molecule has 1 rings (SSSR count). The highest BCUT2D eigenvalue weighted by atomic mass is 127. The van der Waals surface area contributed by atoms with Crippen molar-refractivity contribution in [3.8, 4) is 0 Å². The highest BCUT2D eigenvalue weighted by Gasteiger charge is 2.08. The van der Waals surface area contributed by atoms with E-state index in [1.54, 1.807) is 0 Å². The molecule has 72 valence electrons. The third-order valence-corrected chi connectivity index (χ3v) is 3.04. The molecular weight excluding hydrogens is 279 g/mol. The molecule has 2 N–H and O–H groups in total. The van der Waals surface area contributed by atoms with Gasteiger partial charge in [0, 0.05) is 22.7 Å². The summed E-state index contributed by atoms with van der Waals surface area (Å²) < 4.78 is 1.19. The highest BCUT2D eigenvalue weighted by molar-refractivity contribution is 14.1. The van der Waals surface area contributed by atoms with E-state index in [-0.39, 0.29) is 19.1 Å². The maximum Gasteiger partial charge on any atom is 0.0484 e. The van der Waals surface area contributed by atoms with Gasteiger partial charge in [0.05, 0.1) is 0 Å². The highest BCUT2D eigenvalue weighted by Crippen LogP contribution is 2.15. The minimum atomic E-state index is -0.0316. The van der Waals surface area contributed by atoms with E-state index in [9.17, 15) is 0 Å². The number of hydrogen-bond acceptors (Lipinski definition) is 2. The monoisotopic (exact) mass is 292 g/mol. The number of rotatable bonds is 4. The summed E-state index contributed by atoms with van der Waals surface area (Å²) in [6.07, 6.45) is 0.742. The molecule has 0 fully saturated rings. The van der Waals surface area contributed by atoms with Crippen LogP contribution in [0.3, 0.4) is 0 Å². The molecular formula is C10H13IO2. The van der Waals surface area contributed by atoms with E-state index in [4.69, 9.17) is 10.2 Å². The molecule has 0 radical (unpaired) electrons. The fourth-order valence-electron chi connectivity index (χ4n) is 1.16. The molecule has 1 aromatic rings. The van der Waals surface area contributed by atoms with Crippen LogP contribution in [0.4, 0.5) is 0 Å². The topological polar surface area (TPSA) is 40.5 Å². The van der Waals surface area contributed by atoms with Gasteiger partial charge in [-0.1, -0.05) is 18.2 Å². The second kappa shape index (κ2) is 5.57. The summed E-state index contributed by atoms with van der Waals surface area (Å²) in [4.78, 5) is 0. The van der Waals surface area contributed by atoms with E-state index in [1.165, 1.54) is 9.13 Å². The van der Waals surface area contributed by atoms with Crippen molar-refractivity contribution in [1.82, 2.24) is 0 Å². The average molecular weight is 292 g/mol. The molecule has 0 aliphatic heterocycles. The van der Waals surface area contributed by atoms with Crippen LogP contribution >= 0.6 is 22.6 Å². The van der Waals surface area contributed by atoms with Crippen molar-refractivity contribution in [3.05, 3.63) is 33.4 Å². The Morgan fingerprint density at radius 2 is 1.77 bits per heavy atom. The molecule has 0 bridgehead atoms. The number of hydrogen-bond donors (Lipinski definition) is 2. The first-order valence-electron chi connectivity index (χ1n) is 4.23. The molecule has 0 unspecified atom stereocenters. The Labute approximate surface area is 91.7 Å². The number of halogens is 1. The van der Waals surface area contributed by atoms with E-state index in [0.29, 0.717) is 0 Å². The predicted molar refractivity (Wildman–Crippen MR) is 60.5 cm³/mol. The average Bonchev–Trinajstić information content (AvgIpc) is 2.17. The Morgan fingerprint density at radius 3 is 2.31 bits per heavy atom. The quantitative estimate of drug-likeness (QED) is 0.824. The number of aliphatic hydroxyl groups excluding tert-OH is 2. The smallest absolute Gasteiger partial charge is 0.0484 e. The van der Waals surface area contributed by atoms with Gasteiger partial charge in [0.1, 0.15) is 0 Å². The van der Waals surface area contributed by atoms with E-state index < -0.39 is 0 Å². The van der Waals surface area contributed by atoms with Gasteiger partial charge in [-0.2, -0.15) is 0 Å². The van der Waals surface area contributed by atoms with E-state index >= 15 is 0 Å². The van der Waals surface area contributed by atoms with Crippen LogP contribution in [-0.2, 0) is 6.42 Å². The van der Waals surface area contributed by atoms with Crippen molar-refractivity contribution in [1.29, 1.82) is 0 Å². The van der Waals surface area contributed by atoms with Gasteiger partial charge in [-0.25, -0.2) is 0 Å². The van der Waals surface area contributed by atoms with Crippen molar-refractivity contribution in [2.75, 3.05) is 13.2 Å². The fraction of sp³-hybridized carbons (Fsp3) is 0.400. The van der Waals surface area contributed by atoms with Gasteiger partial charge in [-0.3, -0.25) is 0 Å². The van der Waals surface area contributed by atoms with Gasteiger partial charge in [-0.15, -0.1) is 0 Å². The molecule has 0 heterocycles. The third kappa shape index (κ3) is 3.25. The van der Waals surface area contributed by atoms with Gasteiger partial charge in [-0.05, 0) is 40.6 Å². The Hall–Kier alpha value is -0.130. The molecule has 1 aromatic carbocycles.